The van der Waals surface area contributed by atoms with Crippen molar-refractivity contribution in [2.45, 2.75) is 59.7 Å². The van der Waals surface area contributed by atoms with Crippen molar-refractivity contribution in [1.29, 1.82) is 0 Å². The summed E-state index contributed by atoms with van der Waals surface area (Å²) in [5, 5.41) is 14.2. The van der Waals surface area contributed by atoms with E-state index in [-0.39, 0.29) is 12.3 Å². The van der Waals surface area contributed by atoms with Gasteiger partial charge in [-0.05, 0) is 30.9 Å². The lowest BCUT2D eigenvalue weighted by molar-refractivity contribution is -0.151. The maximum Gasteiger partial charge on any atom is 0.326 e. The molecule has 1 aliphatic rings. The quantitative estimate of drug-likeness (QED) is 0.879. The highest BCUT2D eigenvalue weighted by molar-refractivity contribution is 5.86. The summed E-state index contributed by atoms with van der Waals surface area (Å²) in [7, 11) is 0. The fraction of sp³-hybridized carbons (Fsp3) is 0.476. The van der Waals surface area contributed by atoms with Gasteiger partial charge in [-0.3, -0.25) is 9.48 Å². The van der Waals surface area contributed by atoms with Crippen molar-refractivity contribution in [2.75, 3.05) is 0 Å². The van der Waals surface area contributed by atoms with Crippen molar-refractivity contribution in [3.05, 3.63) is 52.3 Å². The third kappa shape index (κ3) is 3.89. The first-order valence-electron chi connectivity index (χ1n) is 9.39. The molecule has 1 N–H and O–H groups in total. The number of rotatable bonds is 5. The number of benzene rings is 1. The van der Waals surface area contributed by atoms with Crippen LogP contribution in [-0.4, -0.2) is 37.7 Å². The van der Waals surface area contributed by atoms with Crippen molar-refractivity contribution < 1.29 is 14.7 Å². The number of carboxylic acid groups (broad SMARTS) is 1. The molecular formula is C21H27N3O3. The van der Waals surface area contributed by atoms with Crippen LogP contribution in [0.4, 0.5) is 0 Å². The molecule has 0 spiro atoms. The van der Waals surface area contributed by atoms with Gasteiger partial charge in [-0.2, -0.15) is 5.10 Å². The van der Waals surface area contributed by atoms with Gasteiger partial charge in [0.1, 0.15) is 6.04 Å². The summed E-state index contributed by atoms with van der Waals surface area (Å²) < 4.78 is 1.95. The molecular weight excluding hydrogens is 342 g/mol. The number of hydrogen-bond acceptors (Lipinski definition) is 3. The Kier molecular flexibility index (Phi) is 5.35. The smallest absolute Gasteiger partial charge is 0.326 e. The lowest BCUT2D eigenvalue weighted by Crippen LogP contribution is -2.49. The van der Waals surface area contributed by atoms with E-state index in [1.165, 1.54) is 4.90 Å². The number of fused-ring (bicyclic) bond motifs is 1. The van der Waals surface area contributed by atoms with Gasteiger partial charge in [-0.15, -0.1) is 0 Å². The van der Waals surface area contributed by atoms with E-state index < -0.39 is 12.0 Å². The molecule has 0 saturated carbocycles. The molecule has 0 radical (unpaired) electrons. The van der Waals surface area contributed by atoms with Crippen LogP contribution in [-0.2, 0) is 35.5 Å². The van der Waals surface area contributed by atoms with E-state index >= 15 is 0 Å². The second kappa shape index (κ2) is 7.55. The maximum atomic E-state index is 13.1. The van der Waals surface area contributed by atoms with Crippen LogP contribution in [0.5, 0.6) is 0 Å². The van der Waals surface area contributed by atoms with Crippen molar-refractivity contribution in [3.63, 3.8) is 0 Å². The molecule has 0 unspecified atom stereocenters. The number of aryl methyl sites for hydroxylation is 1. The van der Waals surface area contributed by atoms with Crippen LogP contribution in [0.3, 0.4) is 0 Å². The average molecular weight is 369 g/mol. The zero-order valence-electron chi connectivity index (χ0n) is 16.4. The molecule has 27 heavy (non-hydrogen) atoms. The molecule has 0 fully saturated rings. The van der Waals surface area contributed by atoms with Gasteiger partial charge in [0.25, 0.3) is 0 Å². The molecule has 2 aromatic rings. The largest absolute Gasteiger partial charge is 0.480 e. The molecule has 6 nitrogen and oxygen atoms in total. The predicted octanol–water partition coefficient (Wildman–Crippen LogP) is 2.74. The van der Waals surface area contributed by atoms with Crippen LogP contribution in [0.15, 0.2) is 24.3 Å². The molecule has 1 aliphatic heterocycles. The summed E-state index contributed by atoms with van der Waals surface area (Å²) in [5.74, 6) is -0.657. The van der Waals surface area contributed by atoms with Crippen LogP contribution >= 0.6 is 0 Å². The molecule has 1 aromatic carbocycles. The second-order valence-electron chi connectivity index (χ2n) is 7.75. The minimum Gasteiger partial charge on any atom is -0.480 e. The monoisotopic (exact) mass is 369 g/mol. The molecule has 144 valence electrons. The van der Waals surface area contributed by atoms with Gasteiger partial charge in [0.15, 0.2) is 0 Å². The van der Waals surface area contributed by atoms with Crippen molar-refractivity contribution in [3.8, 4) is 0 Å². The fourth-order valence-corrected chi connectivity index (χ4v) is 3.77. The van der Waals surface area contributed by atoms with E-state index in [0.29, 0.717) is 18.9 Å². The highest BCUT2D eigenvalue weighted by Gasteiger charge is 2.34. The minimum absolute atomic E-state index is 0.160. The minimum atomic E-state index is -0.957. The van der Waals surface area contributed by atoms with Crippen LogP contribution in [0, 0.1) is 19.8 Å². The fourth-order valence-electron chi connectivity index (χ4n) is 3.77. The van der Waals surface area contributed by atoms with Gasteiger partial charge in [-0.25, -0.2) is 4.79 Å². The summed E-state index contributed by atoms with van der Waals surface area (Å²) in [6.45, 7) is 9.28. The number of nitrogens with zero attached hydrogens (tertiary/aromatic N) is 3. The number of amides is 1. The van der Waals surface area contributed by atoms with E-state index in [0.717, 1.165) is 34.6 Å². The zero-order valence-corrected chi connectivity index (χ0v) is 16.4. The van der Waals surface area contributed by atoms with Crippen LogP contribution < -0.4 is 0 Å². The SMILES string of the molecule is Cc1nn(CC(C)C)c(C)c1CC(=O)N1Cc2ccccc2C[C@H]1C(=O)O. The topological polar surface area (TPSA) is 75.4 Å². The molecule has 1 atom stereocenters. The average Bonchev–Trinajstić information content (AvgIpc) is 2.87. The summed E-state index contributed by atoms with van der Waals surface area (Å²) in [4.78, 5) is 26.3. The Hall–Kier alpha value is -2.63. The first kappa shape index (κ1) is 19.1. The molecule has 0 aliphatic carbocycles. The van der Waals surface area contributed by atoms with Gasteiger partial charge in [0, 0.05) is 30.8 Å². The zero-order chi connectivity index (χ0) is 19.7. The summed E-state index contributed by atoms with van der Waals surface area (Å²) in [6, 6.07) is 6.92. The Balaban J connectivity index is 1.85. The number of carboxylic acids is 1. The van der Waals surface area contributed by atoms with Gasteiger partial charge in [0.05, 0.1) is 12.1 Å². The number of aliphatic carboxylic acids is 1. The lowest BCUT2D eigenvalue weighted by Gasteiger charge is -2.34. The maximum absolute atomic E-state index is 13.1. The van der Waals surface area contributed by atoms with Crippen LogP contribution in [0.2, 0.25) is 0 Å². The molecule has 3 rings (SSSR count). The second-order valence-corrected chi connectivity index (χ2v) is 7.75. The number of hydrogen-bond donors (Lipinski definition) is 1. The molecule has 0 bridgehead atoms. The van der Waals surface area contributed by atoms with Gasteiger partial charge in [-0.1, -0.05) is 38.1 Å². The summed E-state index contributed by atoms with van der Waals surface area (Å²) in [6.07, 6.45) is 0.531. The van der Waals surface area contributed by atoms with E-state index in [4.69, 9.17) is 0 Å². The van der Waals surface area contributed by atoms with Crippen molar-refractivity contribution >= 4 is 11.9 Å². The molecule has 1 amide bonds. The lowest BCUT2D eigenvalue weighted by atomic mass is 9.93. The van der Waals surface area contributed by atoms with Gasteiger partial charge < -0.3 is 10.0 Å². The van der Waals surface area contributed by atoms with Crippen molar-refractivity contribution in [2.24, 2.45) is 5.92 Å². The Morgan fingerprint density at radius 1 is 1.22 bits per heavy atom. The van der Waals surface area contributed by atoms with Crippen LogP contribution in [0.1, 0.15) is 41.9 Å². The Morgan fingerprint density at radius 2 is 1.89 bits per heavy atom. The van der Waals surface area contributed by atoms with Crippen molar-refractivity contribution in [1.82, 2.24) is 14.7 Å². The summed E-state index contributed by atoms with van der Waals surface area (Å²) >= 11 is 0. The third-order valence-electron chi connectivity index (χ3n) is 5.25. The molecule has 6 heteroatoms. The first-order valence-corrected chi connectivity index (χ1v) is 9.39. The van der Waals surface area contributed by atoms with E-state index in [2.05, 4.69) is 18.9 Å². The number of carbonyl (C=O) groups is 2. The number of carbonyl (C=O) groups excluding carboxylic acids is 1. The Labute approximate surface area is 159 Å². The highest BCUT2D eigenvalue weighted by atomic mass is 16.4. The standard InChI is InChI=1S/C21H27N3O3/c1-13(2)11-24-15(4)18(14(3)22-24)10-20(25)23-12-17-8-6-5-7-16(17)9-19(23)21(26)27/h5-8,13,19H,9-12H2,1-4H3,(H,26,27)/t19-/m0/s1. The third-order valence-corrected chi connectivity index (χ3v) is 5.25. The number of aromatic nitrogens is 2. The first-order chi connectivity index (χ1) is 12.8. The van der Waals surface area contributed by atoms with Gasteiger partial charge >= 0.3 is 5.97 Å². The summed E-state index contributed by atoms with van der Waals surface area (Å²) in [5.41, 5.74) is 4.76. The van der Waals surface area contributed by atoms with Crippen LogP contribution in [0.25, 0.3) is 0 Å². The normalized spacial score (nSPS) is 16.5. The predicted molar refractivity (Wildman–Crippen MR) is 102 cm³/mol. The highest BCUT2D eigenvalue weighted by Crippen LogP contribution is 2.25. The Morgan fingerprint density at radius 3 is 2.52 bits per heavy atom. The Bertz CT molecular complexity index is 870. The molecule has 2 heterocycles. The molecule has 0 saturated heterocycles. The van der Waals surface area contributed by atoms with E-state index in [1.54, 1.807) is 0 Å². The van der Waals surface area contributed by atoms with E-state index in [9.17, 15) is 14.7 Å². The molecule has 1 aromatic heterocycles. The van der Waals surface area contributed by atoms with Gasteiger partial charge in [0.2, 0.25) is 5.91 Å². The van der Waals surface area contributed by atoms with E-state index in [1.807, 2.05) is 42.8 Å².